The monoisotopic (exact) mass is 384 g/mol. The van der Waals surface area contributed by atoms with E-state index in [0.29, 0.717) is 22.6 Å². The van der Waals surface area contributed by atoms with Crippen LogP contribution >= 0.6 is 11.6 Å². The van der Waals surface area contributed by atoms with E-state index in [1.165, 1.54) is 0 Å². The van der Waals surface area contributed by atoms with Gasteiger partial charge in [0.1, 0.15) is 5.54 Å². The van der Waals surface area contributed by atoms with Gasteiger partial charge < -0.3 is 5.32 Å². The van der Waals surface area contributed by atoms with Crippen molar-refractivity contribution in [2.45, 2.75) is 32.7 Å². The number of aryl methyl sites for hydroxylation is 2. The van der Waals surface area contributed by atoms with Gasteiger partial charge in [0.2, 0.25) is 0 Å². The molecule has 1 aliphatic rings. The number of imide groups is 1. The Hall–Kier alpha value is -2.66. The van der Waals surface area contributed by atoms with Gasteiger partial charge in [-0.15, -0.1) is 0 Å². The Bertz CT molecular complexity index is 924. The van der Waals surface area contributed by atoms with Gasteiger partial charge in [0.15, 0.2) is 5.78 Å². The quantitative estimate of drug-likeness (QED) is 0.626. The molecule has 2 aromatic rings. The van der Waals surface area contributed by atoms with Gasteiger partial charge in [-0.25, -0.2) is 4.79 Å². The molecule has 27 heavy (non-hydrogen) atoms. The molecule has 1 unspecified atom stereocenters. The van der Waals surface area contributed by atoms with Crippen molar-refractivity contribution in [1.29, 1.82) is 0 Å². The first kappa shape index (κ1) is 19.1. The number of amides is 3. The molecule has 1 atom stereocenters. The number of carbonyl (C=O) groups excluding carboxylic acids is 3. The van der Waals surface area contributed by atoms with E-state index in [0.717, 1.165) is 16.0 Å². The van der Waals surface area contributed by atoms with Crippen LogP contribution in [0.1, 0.15) is 40.4 Å². The molecular weight excluding hydrogens is 364 g/mol. The summed E-state index contributed by atoms with van der Waals surface area (Å²) in [5, 5.41) is 3.32. The summed E-state index contributed by atoms with van der Waals surface area (Å²) in [5.74, 6) is -0.686. The number of benzene rings is 2. The molecule has 1 aliphatic heterocycles. The number of nitrogens with zero attached hydrogens (tertiary/aromatic N) is 1. The Balaban J connectivity index is 1.89. The topological polar surface area (TPSA) is 66.5 Å². The van der Waals surface area contributed by atoms with Crippen LogP contribution in [0.3, 0.4) is 0 Å². The lowest BCUT2D eigenvalue weighted by Crippen LogP contribution is -2.43. The number of hydrogen-bond acceptors (Lipinski definition) is 3. The molecule has 3 rings (SSSR count). The van der Waals surface area contributed by atoms with Crippen molar-refractivity contribution in [3.63, 3.8) is 0 Å². The summed E-state index contributed by atoms with van der Waals surface area (Å²) in [7, 11) is 0. The molecule has 2 aromatic carbocycles. The number of rotatable bonds is 5. The maximum Gasteiger partial charge on any atom is 0.325 e. The molecule has 0 spiro atoms. The van der Waals surface area contributed by atoms with Gasteiger partial charge in [0.25, 0.3) is 5.91 Å². The minimum atomic E-state index is -1.18. The van der Waals surface area contributed by atoms with Crippen LogP contribution in [0.4, 0.5) is 4.79 Å². The molecular formula is C21H21ClN2O3. The van der Waals surface area contributed by atoms with Crippen LogP contribution in [-0.4, -0.2) is 29.2 Å². The number of carbonyl (C=O) groups is 3. The molecule has 0 radical (unpaired) electrons. The average Bonchev–Trinajstić information content (AvgIpc) is 2.87. The SMILES string of the molecule is CCC1(c2ccc(Cl)cc2)NC(=O)N(CC(=O)c2ccc(C)cc2C)C1=O. The average molecular weight is 385 g/mol. The van der Waals surface area contributed by atoms with Crippen molar-refractivity contribution >= 4 is 29.3 Å². The third kappa shape index (κ3) is 3.35. The molecule has 6 heteroatoms. The zero-order valence-corrected chi connectivity index (χ0v) is 16.3. The maximum absolute atomic E-state index is 13.1. The van der Waals surface area contributed by atoms with Crippen molar-refractivity contribution < 1.29 is 14.4 Å². The van der Waals surface area contributed by atoms with Crippen LogP contribution in [0, 0.1) is 13.8 Å². The molecule has 0 aliphatic carbocycles. The highest BCUT2D eigenvalue weighted by Crippen LogP contribution is 2.33. The second-order valence-electron chi connectivity index (χ2n) is 6.83. The number of halogens is 1. The molecule has 5 nitrogen and oxygen atoms in total. The first-order chi connectivity index (χ1) is 12.8. The van der Waals surface area contributed by atoms with E-state index in [9.17, 15) is 14.4 Å². The van der Waals surface area contributed by atoms with E-state index in [4.69, 9.17) is 11.6 Å². The lowest BCUT2D eigenvalue weighted by atomic mass is 9.87. The smallest absolute Gasteiger partial charge is 0.319 e. The predicted octanol–water partition coefficient (Wildman–Crippen LogP) is 4.00. The Labute approximate surface area is 163 Å². The third-order valence-corrected chi connectivity index (χ3v) is 5.28. The zero-order chi connectivity index (χ0) is 19.8. The first-order valence-electron chi connectivity index (χ1n) is 8.79. The number of hydrogen-bond donors (Lipinski definition) is 1. The molecule has 0 aromatic heterocycles. The summed E-state index contributed by atoms with van der Waals surface area (Å²) in [6.07, 6.45) is 0.369. The van der Waals surface area contributed by atoms with Crippen molar-refractivity contribution in [3.05, 3.63) is 69.7 Å². The predicted molar refractivity (Wildman–Crippen MR) is 104 cm³/mol. The number of urea groups is 1. The summed E-state index contributed by atoms with van der Waals surface area (Å²) in [4.78, 5) is 39.4. The summed E-state index contributed by atoms with van der Waals surface area (Å²) in [6.45, 7) is 5.32. The zero-order valence-electron chi connectivity index (χ0n) is 15.5. The minimum absolute atomic E-state index is 0.265. The summed E-state index contributed by atoms with van der Waals surface area (Å²) >= 11 is 5.94. The van der Waals surface area contributed by atoms with Crippen LogP contribution in [0.2, 0.25) is 5.02 Å². The van der Waals surface area contributed by atoms with Crippen molar-refractivity contribution in [3.8, 4) is 0 Å². The molecule has 1 N–H and O–H groups in total. The van der Waals surface area contributed by atoms with E-state index < -0.39 is 17.5 Å². The van der Waals surface area contributed by atoms with Crippen LogP contribution in [0.25, 0.3) is 0 Å². The van der Waals surface area contributed by atoms with Gasteiger partial charge in [0, 0.05) is 10.6 Å². The number of Topliss-reactive ketones (excluding diaryl/α,β-unsaturated/α-hetero) is 1. The molecule has 0 bridgehead atoms. The van der Waals surface area contributed by atoms with Gasteiger partial charge >= 0.3 is 6.03 Å². The molecule has 0 saturated carbocycles. The minimum Gasteiger partial charge on any atom is -0.319 e. The van der Waals surface area contributed by atoms with E-state index in [1.807, 2.05) is 32.9 Å². The third-order valence-electron chi connectivity index (χ3n) is 5.03. The second-order valence-corrected chi connectivity index (χ2v) is 7.27. The molecule has 3 amide bonds. The van der Waals surface area contributed by atoms with E-state index in [-0.39, 0.29) is 12.3 Å². The largest absolute Gasteiger partial charge is 0.325 e. The van der Waals surface area contributed by atoms with Crippen LogP contribution in [0.15, 0.2) is 42.5 Å². The van der Waals surface area contributed by atoms with Crippen LogP contribution < -0.4 is 5.32 Å². The van der Waals surface area contributed by atoms with Crippen LogP contribution in [0.5, 0.6) is 0 Å². The summed E-state index contributed by atoms with van der Waals surface area (Å²) < 4.78 is 0. The lowest BCUT2D eigenvalue weighted by Gasteiger charge is -2.25. The standard InChI is InChI=1S/C21H21ClN2O3/c1-4-21(15-6-8-16(22)9-7-15)19(26)24(20(27)23-21)12-18(25)17-10-5-13(2)11-14(17)3/h5-11H,4,12H2,1-3H3,(H,23,27). The summed E-state index contributed by atoms with van der Waals surface area (Å²) in [5.41, 5.74) is 1.86. The Morgan fingerprint density at radius 3 is 2.37 bits per heavy atom. The highest BCUT2D eigenvalue weighted by Gasteiger charge is 2.51. The number of ketones is 1. The van der Waals surface area contributed by atoms with Gasteiger partial charge in [-0.2, -0.15) is 0 Å². The van der Waals surface area contributed by atoms with Gasteiger partial charge in [-0.3, -0.25) is 14.5 Å². The molecule has 1 saturated heterocycles. The fourth-order valence-corrected chi connectivity index (χ4v) is 3.62. The van der Waals surface area contributed by atoms with Gasteiger partial charge in [-0.1, -0.05) is 54.4 Å². The fourth-order valence-electron chi connectivity index (χ4n) is 3.50. The highest BCUT2D eigenvalue weighted by atomic mass is 35.5. The normalized spacial score (nSPS) is 19.3. The van der Waals surface area contributed by atoms with E-state index >= 15 is 0 Å². The van der Waals surface area contributed by atoms with Gasteiger partial charge in [-0.05, 0) is 43.5 Å². The van der Waals surface area contributed by atoms with Crippen LogP contribution in [-0.2, 0) is 10.3 Å². The van der Waals surface area contributed by atoms with E-state index in [2.05, 4.69) is 5.32 Å². The van der Waals surface area contributed by atoms with Crippen molar-refractivity contribution in [1.82, 2.24) is 10.2 Å². The summed E-state index contributed by atoms with van der Waals surface area (Å²) in [6, 6.07) is 11.7. The Morgan fingerprint density at radius 2 is 1.78 bits per heavy atom. The number of nitrogens with one attached hydrogen (secondary N) is 1. The lowest BCUT2D eigenvalue weighted by molar-refractivity contribution is -0.131. The van der Waals surface area contributed by atoms with Gasteiger partial charge in [0.05, 0.1) is 6.54 Å². The Morgan fingerprint density at radius 1 is 1.11 bits per heavy atom. The molecule has 1 heterocycles. The highest BCUT2D eigenvalue weighted by molar-refractivity contribution is 6.30. The molecule has 140 valence electrons. The van der Waals surface area contributed by atoms with E-state index in [1.54, 1.807) is 30.3 Å². The van der Waals surface area contributed by atoms with Crippen molar-refractivity contribution in [2.75, 3.05) is 6.54 Å². The van der Waals surface area contributed by atoms with Crippen molar-refractivity contribution in [2.24, 2.45) is 0 Å². The molecule has 1 fully saturated rings. The second kappa shape index (κ2) is 7.16. The Kier molecular flexibility index (Phi) is 5.07. The maximum atomic E-state index is 13.1. The first-order valence-corrected chi connectivity index (χ1v) is 9.17. The fraction of sp³-hybridized carbons (Fsp3) is 0.286.